The number of hydrogen-bond donors (Lipinski definition) is 1. The lowest BCUT2D eigenvalue weighted by Crippen LogP contribution is -2.42. The number of halogens is 1. The average Bonchev–Trinajstić information content (AvgIpc) is 3.10. The molecule has 5 nitrogen and oxygen atoms in total. The van der Waals surface area contributed by atoms with E-state index in [0.29, 0.717) is 25.0 Å². The molecule has 0 radical (unpaired) electrons. The Kier molecular flexibility index (Phi) is 6.01. The summed E-state index contributed by atoms with van der Waals surface area (Å²) in [5, 5.41) is 3.44. The molecule has 0 atom stereocenters. The summed E-state index contributed by atoms with van der Waals surface area (Å²) in [6, 6.07) is 3.05. The first-order valence-electron chi connectivity index (χ1n) is 9.58. The van der Waals surface area contributed by atoms with E-state index in [1.54, 1.807) is 6.07 Å². The van der Waals surface area contributed by atoms with E-state index in [4.69, 9.17) is 9.47 Å². The predicted molar refractivity (Wildman–Crippen MR) is 101 cm³/mol. The second-order valence-corrected chi connectivity index (χ2v) is 7.27. The van der Waals surface area contributed by atoms with Gasteiger partial charge >= 0.3 is 0 Å². The van der Waals surface area contributed by atoms with Gasteiger partial charge in [-0.05, 0) is 48.8 Å². The van der Waals surface area contributed by atoms with Gasteiger partial charge in [0.2, 0.25) is 0 Å². The number of nitrogens with zero attached hydrogens (tertiary/aromatic N) is 2. The fraction of sp³-hybridized carbons (Fsp3) is 0.650. The molecule has 0 bridgehead atoms. The molecule has 2 heterocycles. The third-order valence-electron chi connectivity index (χ3n) is 5.88. The van der Waals surface area contributed by atoms with E-state index in [0.717, 1.165) is 35.9 Å². The van der Waals surface area contributed by atoms with E-state index < -0.39 is 0 Å². The second kappa shape index (κ2) is 8.25. The van der Waals surface area contributed by atoms with Crippen molar-refractivity contribution >= 4 is 5.96 Å². The fourth-order valence-electron chi connectivity index (χ4n) is 4.03. The van der Waals surface area contributed by atoms with Crippen molar-refractivity contribution in [3.8, 4) is 5.75 Å². The summed E-state index contributed by atoms with van der Waals surface area (Å²) in [5.41, 5.74) is 2.07. The molecule has 0 aromatic heterocycles. The Morgan fingerprint density at radius 1 is 1.35 bits per heavy atom. The molecule has 1 aromatic rings. The number of benzene rings is 1. The van der Waals surface area contributed by atoms with Crippen molar-refractivity contribution in [3.63, 3.8) is 0 Å². The molecule has 1 fully saturated rings. The monoisotopic (exact) mass is 363 g/mol. The van der Waals surface area contributed by atoms with E-state index in [1.165, 1.54) is 25.3 Å². The van der Waals surface area contributed by atoms with Crippen LogP contribution >= 0.6 is 0 Å². The molecule has 144 valence electrons. The number of guanidine groups is 1. The lowest BCUT2D eigenvalue weighted by Gasteiger charge is -2.28. The zero-order valence-electron chi connectivity index (χ0n) is 16.1. The van der Waals surface area contributed by atoms with Gasteiger partial charge in [0.05, 0.1) is 6.61 Å². The van der Waals surface area contributed by atoms with Crippen LogP contribution in [0.3, 0.4) is 0 Å². The van der Waals surface area contributed by atoms with E-state index in [1.807, 2.05) is 7.05 Å². The number of fused-ring (bicyclic) bond motifs is 1. The Bertz CT molecular complexity index is 659. The highest BCUT2D eigenvalue weighted by Crippen LogP contribution is 2.37. The molecular weight excluding hydrogens is 333 g/mol. The lowest BCUT2D eigenvalue weighted by atomic mass is 9.82. The summed E-state index contributed by atoms with van der Waals surface area (Å²) < 4.78 is 24.7. The number of nitrogens with one attached hydrogen (secondary N) is 1. The maximum absolute atomic E-state index is 13.9. The van der Waals surface area contributed by atoms with Crippen LogP contribution in [0.15, 0.2) is 17.1 Å². The van der Waals surface area contributed by atoms with Crippen LogP contribution in [0.1, 0.15) is 44.2 Å². The number of aliphatic imine (C=N–C) groups is 1. The molecule has 0 aliphatic carbocycles. The van der Waals surface area contributed by atoms with Gasteiger partial charge in [0.25, 0.3) is 0 Å². The Balaban J connectivity index is 1.60. The summed E-state index contributed by atoms with van der Waals surface area (Å²) >= 11 is 0. The molecule has 2 aliphatic heterocycles. The minimum absolute atomic E-state index is 0.227. The van der Waals surface area contributed by atoms with Gasteiger partial charge in [-0.1, -0.05) is 13.8 Å². The molecule has 0 spiro atoms. The zero-order valence-corrected chi connectivity index (χ0v) is 16.1. The van der Waals surface area contributed by atoms with E-state index in [2.05, 4.69) is 29.1 Å². The largest absolute Gasteiger partial charge is 0.467 e. The third kappa shape index (κ3) is 3.95. The SMILES string of the molecule is CCC1(CC)CCN(C(=NC)NCCc2cc(F)cc3c2OCOC3)C1. The Morgan fingerprint density at radius 2 is 2.15 bits per heavy atom. The Hall–Kier alpha value is -1.82. The van der Waals surface area contributed by atoms with Crippen LogP contribution in [-0.2, 0) is 17.8 Å². The molecule has 1 N–H and O–H groups in total. The molecule has 0 unspecified atom stereocenters. The number of ether oxygens (including phenoxy) is 2. The van der Waals surface area contributed by atoms with Crippen LogP contribution in [-0.4, -0.2) is 44.3 Å². The molecule has 26 heavy (non-hydrogen) atoms. The molecule has 1 saturated heterocycles. The van der Waals surface area contributed by atoms with E-state index in [9.17, 15) is 4.39 Å². The normalized spacial score (nSPS) is 19.2. The topological polar surface area (TPSA) is 46.1 Å². The second-order valence-electron chi connectivity index (χ2n) is 7.27. The molecular formula is C20H30FN3O2. The van der Waals surface area contributed by atoms with Gasteiger partial charge in [-0.3, -0.25) is 4.99 Å². The van der Waals surface area contributed by atoms with Gasteiger partial charge in [0.1, 0.15) is 11.6 Å². The first-order valence-corrected chi connectivity index (χ1v) is 9.58. The molecule has 2 aliphatic rings. The molecule has 0 saturated carbocycles. The van der Waals surface area contributed by atoms with Gasteiger partial charge in [-0.15, -0.1) is 0 Å². The summed E-state index contributed by atoms with van der Waals surface area (Å²) in [6.07, 6.45) is 4.29. The Morgan fingerprint density at radius 3 is 2.85 bits per heavy atom. The Labute approximate surface area is 155 Å². The first-order chi connectivity index (χ1) is 12.6. The zero-order chi connectivity index (χ0) is 18.6. The minimum atomic E-state index is -0.243. The fourth-order valence-corrected chi connectivity index (χ4v) is 4.03. The number of likely N-dealkylation sites (tertiary alicyclic amines) is 1. The number of hydrogen-bond acceptors (Lipinski definition) is 3. The van der Waals surface area contributed by atoms with Crippen LogP contribution in [0.5, 0.6) is 5.75 Å². The van der Waals surface area contributed by atoms with Gasteiger partial charge < -0.3 is 19.7 Å². The first kappa shape index (κ1) is 19.0. The van der Waals surface area contributed by atoms with Crippen LogP contribution in [0.25, 0.3) is 0 Å². The van der Waals surface area contributed by atoms with Crippen LogP contribution in [0.4, 0.5) is 4.39 Å². The molecule has 3 rings (SSSR count). The van der Waals surface area contributed by atoms with Gasteiger partial charge in [-0.25, -0.2) is 4.39 Å². The number of rotatable bonds is 5. The van der Waals surface area contributed by atoms with Crippen LogP contribution in [0, 0.1) is 11.2 Å². The van der Waals surface area contributed by atoms with Crippen molar-refractivity contribution in [2.75, 3.05) is 33.5 Å². The lowest BCUT2D eigenvalue weighted by molar-refractivity contribution is -0.0172. The summed E-state index contributed by atoms with van der Waals surface area (Å²) in [6.45, 7) is 7.96. The highest BCUT2D eigenvalue weighted by molar-refractivity contribution is 5.80. The van der Waals surface area contributed by atoms with Gasteiger partial charge in [0, 0.05) is 32.2 Å². The summed E-state index contributed by atoms with van der Waals surface area (Å²) in [7, 11) is 1.82. The maximum atomic E-state index is 13.9. The van der Waals surface area contributed by atoms with Crippen LogP contribution in [0.2, 0.25) is 0 Å². The average molecular weight is 363 g/mol. The van der Waals surface area contributed by atoms with Crippen molar-refractivity contribution in [2.24, 2.45) is 10.4 Å². The van der Waals surface area contributed by atoms with Crippen LogP contribution < -0.4 is 10.1 Å². The van der Waals surface area contributed by atoms with Crippen molar-refractivity contribution in [2.45, 2.75) is 46.1 Å². The molecule has 1 aromatic carbocycles. The van der Waals surface area contributed by atoms with Crippen molar-refractivity contribution in [3.05, 3.63) is 29.1 Å². The maximum Gasteiger partial charge on any atom is 0.193 e. The van der Waals surface area contributed by atoms with Gasteiger partial charge in [-0.2, -0.15) is 0 Å². The minimum Gasteiger partial charge on any atom is -0.467 e. The van der Waals surface area contributed by atoms with E-state index >= 15 is 0 Å². The standard InChI is InChI=1S/C20H30FN3O2/c1-4-20(5-2)7-9-24(13-20)19(22-3)23-8-6-15-10-17(21)11-16-12-25-14-26-18(15)16/h10-11H,4-9,12-14H2,1-3H3,(H,22,23). The van der Waals surface area contributed by atoms with Crippen molar-refractivity contribution < 1.29 is 13.9 Å². The predicted octanol–water partition coefficient (Wildman–Crippen LogP) is 3.32. The molecule has 6 heteroatoms. The highest BCUT2D eigenvalue weighted by atomic mass is 19.1. The highest BCUT2D eigenvalue weighted by Gasteiger charge is 2.36. The summed E-state index contributed by atoms with van der Waals surface area (Å²) in [4.78, 5) is 6.79. The van der Waals surface area contributed by atoms with Crippen molar-refractivity contribution in [1.82, 2.24) is 10.2 Å². The third-order valence-corrected chi connectivity index (χ3v) is 5.88. The quantitative estimate of drug-likeness (QED) is 0.644. The van der Waals surface area contributed by atoms with E-state index in [-0.39, 0.29) is 12.6 Å². The van der Waals surface area contributed by atoms with Crippen molar-refractivity contribution in [1.29, 1.82) is 0 Å². The summed E-state index contributed by atoms with van der Waals surface area (Å²) in [5.74, 6) is 1.46. The molecule has 0 amide bonds. The smallest absolute Gasteiger partial charge is 0.193 e. The van der Waals surface area contributed by atoms with Gasteiger partial charge in [0.15, 0.2) is 12.8 Å².